The number of hydrogen-bond donors (Lipinski definition) is 2. The average molecular weight is 432 g/mol. The summed E-state index contributed by atoms with van der Waals surface area (Å²) in [7, 11) is 2.91. The maximum Gasteiger partial charge on any atom is 0.323 e. The molecule has 1 aliphatic rings. The van der Waals surface area contributed by atoms with Gasteiger partial charge in [-0.25, -0.2) is 4.79 Å². The molecule has 0 atom stereocenters. The predicted octanol–water partition coefficient (Wildman–Crippen LogP) is 4.25. The van der Waals surface area contributed by atoms with E-state index in [1.165, 1.54) is 43.4 Å². The highest BCUT2D eigenvalue weighted by Gasteiger charge is 2.35. The summed E-state index contributed by atoms with van der Waals surface area (Å²) in [4.78, 5) is 38.7. The van der Waals surface area contributed by atoms with Gasteiger partial charge in [0, 0.05) is 24.4 Å². The van der Waals surface area contributed by atoms with Crippen LogP contribution in [0, 0.1) is 5.92 Å². The Morgan fingerprint density at radius 1 is 1.00 bits per heavy atom. The Morgan fingerprint density at radius 3 is 2.30 bits per heavy atom. The number of urea groups is 1. The lowest BCUT2D eigenvalue weighted by molar-refractivity contribution is 0.0636. The van der Waals surface area contributed by atoms with Gasteiger partial charge in [-0.1, -0.05) is 25.4 Å². The van der Waals surface area contributed by atoms with Crippen LogP contribution >= 0.6 is 11.6 Å². The quantitative estimate of drug-likeness (QED) is 0.666. The molecule has 0 aliphatic carbocycles. The number of imide groups is 1. The third-order valence-corrected chi connectivity index (χ3v) is 4.79. The van der Waals surface area contributed by atoms with Crippen molar-refractivity contribution in [2.24, 2.45) is 5.92 Å². The SMILES string of the molecule is COc1cc(NC(=O)Nc2ccc3c(c2)C(=O)N(CC(C)C)C3=O)c(OC)cc1Cl. The van der Waals surface area contributed by atoms with Gasteiger partial charge < -0.3 is 20.1 Å². The lowest BCUT2D eigenvalue weighted by Gasteiger charge is -2.15. The number of amides is 4. The standard InChI is InChI=1S/C21H22ClN3O5/c1-11(2)10-25-19(26)13-6-5-12(7-14(13)20(25)27)23-21(28)24-16-9-17(29-3)15(22)8-18(16)30-4/h5-9,11H,10H2,1-4H3,(H2,23,24,28). The Bertz CT molecular complexity index is 1020. The molecule has 2 aromatic carbocycles. The smallest absolute Gasteiger partial charge is 0.323 e. The normalized spacial score (nSPS) is 12.8. The van der Waals surface area contributed by atoms with Gasteiger partial charge in [0.05, 0.1) is 36.1 Å². The molecule has 0 unspecified atom stereocenters. The summed E-state index contributed by atoms with van der Waals surface area (Å²) in [5.74, 6) is 0.200. The van der Waals surface area contributed by atoms with Crippen molar-refractivity contribution in [2.45, 2.75) is 13.8 Å². The van der Waals surface area contributed by atoms with Crippen LogP contribution in [0.15, 0.2) is 30.3 Å². The number of carbonyl (C=O) groups excluding carboxylic acids is 3. The van der Waals surface area contributed by atoms with Crippen LogP contribution in [0.3, 0.4) is 0 Å². The van der Waals surface area contributed by atoms with Crippen molar-refractivity contribution >= 4 is 40.8 Å². The first-order valence-electron chi connectivity index (χ1n) is 9.25. The van der Waals surface area contributed by atoms with Crippen molar-refractivity contribution in [1.82, 2.24) is 4.90 Å². The highest BCUT2D eigenvalue weighted by Crippen LogP contribution is 2.36. The van der Waals surface area contributed by atoms with Gasteiger partial charge in [-0.3, -0.25) is 14.5 Å². The fraction of sp³-hybridized carbons (Fsp3) is 0.286. The van der Waals surface area contributed by atoms with Gasteiger partial charge in [0.1, 0.15) is 11.5 Å². The molecule has 1 heterocycles. The minimum Gasteiger partial charge on any atom is -0.495 e. The van der Waals surface area contributed by atoms with Gasteiger partial charge in [0.25, 0.3) is 11.8 Å². The number of nitrogens with one attached hydrogen (secondary N) is 2. The maximum absolute atomic E-state index is 12.6. The molecule has 0 bridgehead atoms. The molecule has 0 saturated heterocycles. The van der Waals surface area contributed by atoms with Crippen LogP contribution in [-0.4, -0.2) is 43.5 Å². The third-order valence-electron chi connectivity index (χ3n) is 4.50. The van der Waals surface area contributed by atoms with Crippen molar-refractivity contribution in [3.63, 3.8) is 0 Å². The number of carbonyl (C=O) groups is 3. The molecule has 0 radical (unpaired) electrons. The third kappa shape index (κ3) is 4.18. The number of methoxy groups -OCH3 is 2. The molecule has 2 aromatic rings. The van der Waals surface area contributed by atoms with E-state index in [2.05, 4.69) is 10.6 Å². The number of ether oxygens (including phenoxy) is 2. The topological polar surface area (TPSA) is 97.0 Å². The van der Waals surface area contributed by atoms with Crippen LogP contribution in [0.5, 0.6) is 11.5 Å². The van der Waals surface area contributed by atoms with E-state index in [4.69, 9.17) is 21.1 Å². The number of hydrogen-bond acceptors (Lipinski definition) is 5. The lowest BCUT2D eigenvalue weighted by Crippen LogP contribution is -2.33. The largest absolute Gasteiger partial charge is 0.495 e. The molecule has 4 amide bonds. The molecular formula is C21H22ClN3O5. The van der Waals surface area contributed by atoms with Crippen molar-refractivity contribution in [2.75, 3.05) is 31.4 Å². The molecule has 158 valence electrons. The molecule has 8 nitrogen and oxygen atoms in total. The Hall–Kier alpha value is -3.26. The van der Waals surface area contributed by atoms with E-state index in [0.717, 1.165) is 0 Å². The first-order chi connectivity index (χ1) is 14.2. The van der Waals surface area contributed by atoms with Crippen molar-refractivity contribution in [3.05, 3.63) is 46.5 Å². The first kappa shape index (κ1) is 21.4. The number of halogens is 1. The molecular weight excluding hydrogens is 410 g/mol. The zero-order valence-electron chi connectivity index (χ0n) is 17.0. The van der Waals surface area contributed by atoms with Gasteiger partial charge in [-0.05, 0) is 24.1 Å². The minimum atomic E-state index is -0.562. The van der Waals surface area contributed by atoms with E-state index in [-0.39, 0.29) is 23.3 Å². The Labute approximate surface area is 179 Å². The highest BCUT2D eigenvalue weighted by molar-refractivity contribution is 6.32. The fourth-order valence-corrected chi connectivity index (χ4v) is 3.37. The zero-order chi connectivity index (χ0) is 22.0. The van der Waals surface area contributed by atoms with Gasteiger partial charge in [0.15, 0.2) is 0 Å². The van der Waals surface area contributed by atoms with E-state index in [0.29, 0.717) is 40.0 Å². The predicted molar refractivity (Wildman–Crippen MR) is 114 cm³/mol. The molecule has 2 N–H and O–H groups in total. The molecule has 0 aromatic heterocycles. The lowest BCUT2D eigenvalue weighted by atomic mass is 10.1. The molecule has 9 heteroatoms. The molecule has 0 fully saturated rings. The summed E-state index contributed by atoms with van der Waals surface area (Å²) >= 11 is 6.07. The van der Waals surface area contributed by atoms with Crippen LogP contribution in [0.2, 0.25) is 5.02 Å². The Morgan fingerprint density at radius 2 is 1.67 bits per heavy atom. The number of nitrogens with zero attached hydrogens (tertiary/aromatic N) is 1. The number of benzene rings is 2. The van der Waals surface area contributed by atoms with Crippen molar-refractivity contribution < 1.29 is 23.9 Å². The van der Waals surface area contributed by atoms with Crippen LogP contribution in [0.4, 0.5) is 16.2 Å². The summed E-state index contributed by atoms with van der Waals surface area (Å²) in [5.41, 5.74) is 1.32. The van der Waals surface area contributed by atoms with E-state index in [1.807, 2.05) is 13.8 Å². The summed E-state index contributed by atoms with van der Waals surface area (Å²) < 4.78 is 10.4. The minimum absolute atomic E-state index is 0.155. The van der Waals surface area contributed by atoms with E-state index < -0.39 is 6.03 Å². The second kappa shape index (κ2) is 8.62. The zero-order valence-corrected chi connectivity index (χ0v) is 17.8. The summed E-state index contributed by atoms with van der Waals surface area (Å²) in [6, 6.07) is 7.11. The number of anilines is 2. The fourth-order valence-electron chi connectivity index (χ4n) is 3.14. The van der Waals surface area contributed by atoms with Crippen LogP contribution in [0.25, 0.3) is 0 Å². The molecule has 0 spiro atoms. The second-order valence-electron chi connectivity index (χ2n) is 7.14. The van der Waals surface area contributed by atoms with Gasteiger partial charge >= 0.3 is 6.03 Å². The van der Waals surface area contributed by atoms with Gasteiger partial charge in [-0.15, -0.1) is 0 Å². The highest BCUT2D eigenvalue weighted by atomic mass is 35.5. The van der Waals surface area contributed by atoms with E-state index >= 15 is 0 Å². The maximum atomic E-state index is 12.6. The van der Waals surface area contributed by atoms with Gasteiger partial charge in [-0.2, -0.15) is 0 Å². The summed E-state index contributed by atoms with van der Waals surface area (Å²) in [6.45, 7) is 4.20. The molecule has 30 heavy (non-hydrogen) atoms. The monoisotopic (exact) mass is 431 g/mol. The number of fused-ring (bicyclic) bond motifs is 1. The molecule has 0 saturated carbocycles. The average Bonchev–Trinajstić information content (AvgIpc) is 2.93. The van der Waals surface area contributed by atoms with Crippen LogP contribution in [-0.2, 0) is 0 Å². The van der Waals surface area contributed by atoms with E-state index in [1.54, 1.807) is 6.07 Å². The van der Waals surface area contributed by atoms with Crippen LogP contribution in [0.1, 0.15) is 34.6 Å². The van der Waals surface area contributed by atoms with Crippen LogP contribution < -0.4 is 20.1 Å². The van der Waals surface area contributed by atoms with Gasteiger partial charge in [0.2, 0.25) is 0 Å². The van der Waals surface area contributed by atoms with Crippen molar-refractivity contribution in [3.8, 4) is 11.5 Å². The summed E-state index contributed by atoms with van der Waals surface area (Å²) in [6.07, 6.45) is 0. The molecule has 1 aliphatic heterocycles. The first-order valence-corrected chi connectivity index (χ1v) is 9.62. The second-order valence-corrected chi connectivity index (χ2v) is 7.55. The Balaban J connectivity index is 1.78. The molecule has 3 rings (SSSR count). The van der Waals surface area contributed by atoms with E-state index in [9.17, 15) is 14.4 Å². The van der Waals surface area contributed by atoms with Crippen molar-refractivity contribution in [1.29, 1.82) is 0 Å². The Kier molecular flexibility index (Phi) is 6.17. The summed E-state index contributed by atoms with van der Waals surface area (Å²) in [5, 5.41) is 5.65. The number of rotatable bonds is 6.